The average molecular weight is 267 g/mol. The minimum Gasteiger partial charge on any atom is -0.305 e. The van der Waals surface area contributed by atoms with Crippen molar-refractivity contribution < 1.29 is 0 Å². The minimum absolute atomic E-state index is 0. The monoisotopic (exact) mass is 266 g/mol. The van der Waals surface area contributed by atoms with Crippen LogP contribution in [0.5, 0.6) is 0 Å². The largest absolute Gasteiger partial charge is 0.305 e. The van der Waals surface area contributed by atoms with Gasteiger partial charge in [-0.1, -0.05) is 18.1 Å². The van der Waals surface area contributed by atoms with Crippen LogP contribution in [-0.4, -0.2) is 30.5 Å². The van der Waals surface area contributed by atoms with E-state index in [9.17, 15) is 0 Å². The summed E-state index contributed by atoms with van der Waals surface area (Å²) in [6, 6.07) is 4.24. The van der Waals surface area contributed by atoms with E-state index in [1.54, 1.807) is 11.1 Å². The van der Waals surface area contributed by atoms with Gasteiger partial charge in [-0.25, -0.2) is 0 Å². The van der Waals surface area contributed by atoms with Crippen molar-refractivity contribution in [2.24, 2.45) is 0 Å². The molecule has 0 spiro atoms. The Morgan fingerprint density at radius 3 is 2.61 bits per heavy atom. The van der Waals surface area contributed by atoms with Crippen LogP contribution in [0.25, 0.3) is 5.57 Å². The van der Waals surface area contributed by atoms with Gasteiger partial charge in [0.25, 0.3) is 0 Å². The zero-order chi connectivity index (χ0) is 12.1. The highest BCUT2D eigenvalue weighted by Crippen LogP contribution is 2.30. The summed E-state index contributed by atoms with van der Waals surface area (Å²) in [5, 5.41) is 0. The lowest BCUT2D eigenvalue weighted by atomic mass is 9.97. The van der Waals surface area contributed by atoms with Crippen molar-refractivity contribution in [2.75, 3.05) is 20.6 Å². The normalized spacial score (nSPS) is 16.4. The molecule has 3 heteroatoms. The molecular weight excluding hydrogens is 244 g/mol. The average Bonchev–Trinajstić information content (AvgIpc) is 2.55. The Labute approximate surface area is 117 Å². The smallest absolute Gasteiger partial charge is 0.0343 e. The molecule has 0 N–H and O–H groups in total. The van der Waals surface area contributed by atoms with Crippen molar-refractivity contribution in [1.82, 2.24) is 9.88 Å². The molecular formula is C15H23ClN2. The second-order valence-corrected chi connectivity index (χ2v) is 5.12. The van der Waals surface area contributed by atoms with E-state index in [0.717, 1.165) is 6.54 Å². The number of aromatic nitrogens is 1. The highest BCUT2D eigenvalue weighted by atomic mass is 35.5. The zero-order valence-electron chi connectivity index (χ0n) is 11.4. The summed E-state index contributed by atoms with van der Waals surface area (Å²) in [5.74, 6) is 0. The van der Waals surface area contributed by atoms with Gasteiger partial charge in [0.2, 0.25) is 0 Å². The molecule has 0 unspecified atom stereocenters. The number of hydrogen-bond donors (Lipinski definition) is 0. The number of likely N-dealkylation sites (N-methyl/N-ethyl adjacent to an activating group) is 1. The van der Waals surface area contributed by atoms with Crippen LogP contribution in [0.3, 0.4) is 0 Å². The highest BCUT2D eigenvalue weighted by Gasteiger charge is 2.13. The molecule has 0 aromatic carbocycles. The lowest BCUT2D eigenvalue weighted by Gasteiger charge is -2.17. The Balaban J connectivity index is 0.00000162. The second-order valence-electron chi connectivity index (χ2n) is 5.12. The number of halogens is 1. The number of rotatable bonds is 3. The van der Waals surface area contributed by atoms with Gasteiger partial charge in [0, 0.05) is 18.9 Å². The molecule has 0 atom stereocenters. The van der Waals surface area contributed by atoms with Crippen LogP contribution in [0.2, 0.25) is 0 Å². The molecule has 2 nitrogen and oxygen atoms in total. The summed E-state index contributed by atoms with van der Waals surface area (Å²) in [4.78, 5) is 6.53. The lowest BCUT2D eigenvalue weighted by molar-refractivity contribution is 0.439. The molecule has 1 heterocycles. The van der Waals surface area contributed by atoms with Crippen LogP contribution in [0.4, 0.5) is 0 Å². The quantitative estimate of drug-likeness (QED) is 0.828. The summed E-state index contributed by atoms with van der Waals surface area (Å²) in [7, 11) is 4.30. The Kier molecular flexibility index (Phi) is 6.37. The number of hydrogen-bond acceptors (Lipinski definition) is 2. The van der Waals surface area contributed by atoms with Crippen molar-refractivity contribution in [1.29, 1.82) is 0 Å². The van der Waals surface area contributed by atoms with Crippen LogP contribution >= 0.6 is 12.4 Å². The van der Waals surface area contributed by atoms with E-state index in [0.29, 0.717) is 0 Å². The van der Waals surface area contributed by atoms with Gasteiger partial charge >= 0.3 is 0 Å². The topological polar surface area (TPSA) is 16.1 Å². The molecule has 1 aliphatic carbocycles. The van der Waals surface area contributed by atoms with Gasteiger partial charge in [0.1, 0.15) is 0 Å². The van der Waals surface area contributed by atoms with Crippen LogP contribution in [0.1, 0.15) is 37.7 Å². The Morgan fingerprint density at radius 2 is 1.94 bits per heavy atom. The van der Waals surface area contributed by atoms with E-state index in [-0.39, 0.29) is 12.4 Å². The molecule has 2 rings (SSSR count). The molecule has 0 bridgehead atoms. The molecule has 1 aromatic rings. The zero-order valence-corrected chi connectivity index (χ0v) is 12.2. The van der Waals surface area contributed by atoms with E-state index >= 15 is 0 Å². The summed E-state index contributed by atoms with van der Waals surface area (Å²) in [6.45, 7) is 1.09. The Morgan fingerprint density at radius 1 is 1.17 bits per heavy atom. The van der Waals surface area contributed by atoms with Crippen molar-refractivity contribution in [3.63, 3.8) is 0 Å². The molecule has 1 aliphatic rings. The first-order chi connectivity index (χ1) is 8.27. The molecule has 0 amide bonds. The summed E-state index contributed by atoms with van der Waals surface area (Å²) in [5.41, 5.74) is 4.48. The molecule has 0 saturated carbocycles. The fourth-order valence-electron chi connectivity index (χ4n) is 2.59. The predicted molar refractivity (Wildman–Crippen MR) is 80.0 cm³/mol. The van der Waals surface area contributed by atoms with E-state index in [1.165, 1.54) is 37.7 Å². The highest BCUT2D eigenvalue weighted by molar-refractivity contribution is 5.85. The fourth-order valence-corrected chi connectivity index (χ4v) is 2.59. The summed E-state index contributed by atoms with van der Waals surface area (Å²) >= 11 is 0. The van der Waals surface area contributed by atoms with Crippen molar-refractivity contribution in [3.8, 4) is 0 Å². The van der Waals surface area contributed by atoms with E-state index in [1.807, 2.05) is 18.5 Å². The maximum Gasteiger partial charge on any atom is 0.0343 e. The van der Waals surface area contributed by atoms with Gasteiger partial charge in [-0.05, 0) is 57.0 Å². The SMILES string of the molecule is CN(C)CC1=C(c2cccnc2)CCCCC1.Cl. The van der Waals surface area contributed by atoms with Gasteiger partial charge in [-0.2, -0.15) is 0 Å². The minimum atomic E-state index is 0. The van der Waals surface area contributed by atoms with E-state index in [4.69, 9.17) is 0 Å². The third-order valence-corrected chi connectivity index (χ3v) is 3.35. The van der Waals surface area contributed by atoms with Gasteiger partial charge in [-0.15, -0.1) is 12.4 Å². The van der Waals surface area contributed by atoms with Gasteiger partial charge < -0.3 is 4.90 Å². The molecule has 100 valence electrons. The van der Waals surface area contributed by atoms with Crippen molar-refractivity contribution in [2.45, 2.75) is 32.1 Å². The first kappa shape index (κ1) is 15.2. The lowest BCUT2D eigenvalue weighted by Crippen LogP contribution is -2.16. The maximum atomic E-state index is 4.26. The summed E-state index contributed by atoms with van der Waals surface area (Å²) < 4.78 is 0. The van der Waals surface area contributed by atoms with Crippen molar-refractivity contribution >= 4 is 18.0 Å². The predicted octanol–water partition coefficient (Wildman–Crippen LogP) is 3.78. The second kappa shape index (κ2) is 7.55. The van der Waals surface area contributed by atoms with Crippen LogP contribution in [0.15, 0.2) is 30.1 Å². The molecule has 0 saturated heterocycles. The van der Waals surface area contributed by atoms with Crippen molar-refractivity contribution in [3.05, 3.63) is 35.7 Å². The molecule has 0 fully saturated rings. The molecule has 0 radical (unpaired) electrons. The van der Waals surface area contributed by atoms with Gasteiger partial charge in [0.15, 0.2) is 0 Å². The van der Waals surface area contributed by atoms with E-state index in [2.05, 4.69) is 30.0 Å². The number of pyridine rings is 1. The first-order valence-corrected chi connectivity index (χ1v) is 6.53. The van der Waals surface area contributed by atoms with E-state index < -0.39 is 0 Å². The Bertz CT molecular complexity index is 385. The van der Waals surface area contributed by atoms with Crippen LogP contribution in [0, 0.1) is 0 Å². The fraction of sp³-hybridized carbons (Fsp3) is 0.533. The molecule has 1 aromatic heterocycles. The molecule has 18 heavy (non-hydrogen) atoms. The first-order valence-electron chi connectivity index (χ1n) is 6.53. The van der Waals surface area contributed by atoms with Gasteiger partial charge in [0.05, 0.1) is 0 Å². The Hall–Kier alpha value is -0.860. The standard InChI is InChI=1S/C15H22N2.ClH/c1-17(2)12-14-7-4-3-5-9-15(14)13-8-6-10-16-11-13;/h6,8,10-11H,3-5,7,9,12H2,1-2H3;1H. The maximum absolute atomic E-state index is 4.26. The van der Waals surface area contributed by atoms with Crippen LogP contribution in [-0.2, 0) is 0 Å². The third kappa shape index (κ3) is 4.11. The van der Waals surface area contributed by atoms with Gasteiger partial charge in [-0.3, -0.25) is 4.98 Å². The van der Waals surface area contributed by atoms with Crippen LogP contribution < -0.4 is 0 Å². The third-order valence-electron chi connectivity index (χ3n) is 3.35. The number of allylic oxidation sites excluding steroid dienone is 1. The molecule has 0 aliphatic heterocycles. The number of nitrogens with zero attached hydrogens (tertiary/aromatic N) is 2. The summed E-state index contributed by atoms with van der Waals surface area (Å²) in [6.07, 6.45) is 10.4.